The summed E-state index contributed by atoms with van der Waals surface area (Å²) in [5.41, 5.74) is -0.517. The first-order valence-electron chi connectivity index (χ1n) is 6.15. The average Bonchev–Trinajstić information content (AvgIpc) is 2.39. The molecule has 0 unspecified atom stereocenters. The molecule has 1 amide bonds. The number of anilines is 1. The summed E-state index contributed by atoms with van der Waals surface area (Å²) < 4.78 is 13.4. The van der Waals surface area contributed by atoms with Crippen molar-refractivity contribution < 1.29 is 19.1 Å². The number of aromatic carboxylic acids is 1. The molecule has 1 fully saturated rings. The molecule has 1 aliphatic rings. The lowest BCUT2D eigenvalue weighted by atomic mass is 10.0. The third-order valence-corrected chi connectivity index (χ3v) is 3.11. The van der Waals surface area contributed by atoms with E-state index in [1.165, 1.54) is 12.1 Å². The highest BCUT2D eigenvalue weighted by molar-refractivity contribution is 6.02. The Bertz CT molecular complexity index is 499. The number of nitrogens with one attached hydrogen (secondary N) is 2. The van der Waals surface area contributed by atoms with Gasteiger partial charge in [-0.2, -0.15) is 0 Å². The Kier molecular flexibility index (Phi) is 4.11. The molecule has 102 valence electrons. The molecule has 1 saturated heterocycles. The van der Waals surface area contributed by atoms with Gasteiger partial charge in [-0.25, -0.2) is 9.18 Å². The normalized spacial score (nSPS) is 18.9. The maximum Gasteiger partial charge on any atom is 0.340 e. The maximum absolute atomic E-state index is 13.4. The highest BCUT2D eigenvalue weighted by Crippen LogP contribution is 2.20. The molecule has 1 aromatic carbocycles. The minimum absolute atomic E-state index is 0.00938. The van der Waals surface area contributed by atoms with Crippen LogP contribution in [0.2, 0.25) is 0 Å². The summed E-state index contributed by atoms with van der Waals surface area (Å²) in [5.74, 6) is -2.58. The first-order valence-corrected chi connectivity index (χ1v) is 6.15. The van der Waals surface area contributed by atoms with Crippen LogP contribution in [0.15, 0.2) is 18.2 Å². The van der Waals surface area contributed by atoms with E-state index in [4.69, 9.17) is 5.11 Å². The predicted octanol–water partition coefficient (Wildman–Crippen LogP) is 1.60. The van der Waals surface area contributed by atoms with Crippen LogP contribution < -0.4 is 10.6 Å². The second kappa shape index (κ2) is 5.79. The number of halogens is 1. The zero-order valence-corrected chi connectivity index (χ0v) is 10.3. The van der Waals surface area contributed by atoms with E-state index in [2.05, 4.69) is 10.6 Å². The van der Waals surface area contributed by atoms with Gasteiger partial charge < -0.3 is 15.7 Å². The van der Waals surface area contributed by atoms with Gasteiger partial charge in [0.2, 0.25) is 5.91 Å². The van der Waals surface area contributed by atoms with E-state index in [0.29, 0.717) is 6.42 Å². The lowest BCUT2D eigenvalue weighted by molar-refractivity contribution is -0.118. The van der Waals surface area contributed by atoms with Crippen LogP contribution in [0.25, 0.3) is 0 Å². The number of hydrogen-bond acceptors (Lipinski definition) is 3. The van der Waals surface area contributed by atoms with Crippen molar-refractivity contribution in [1.29, 1.82) is 0 Å². The van der Waals surface area contributed by atoms with Gasteiger partial charge in [0.15, 0.2) is 0 Å². The minimum Gasteiger partial charge on any atom is -0.478 e. The quantitative estimate of drug-likeness (QED) is 0.776. The van der Waals surface area contributed by atoms with Crippen molar-refractivity contribution in [2.75, 3.05) is 11.9 Å². The van der Waals surface area contributed by atoms with Crippen LogP contribution in [0.4, 0.5) is 10.1 Å². The number of carboxylic acid groups (broad SMARTS) is 1. The number of carboxylic acids is 1. The van der Waals surface area contributed by atoms with Crippen molar-refractivity contribution in [1.82, 2.24) is 5.32 Å². The Morgan fingerprint density at radius 2 is 2.16 bits per heavy atom. The first-order chi connectivity index (χ1) is 9.09. The third-order valence-electron chi connectivity index (χ3n) is 3.11. The lowest BCUT2D eigenvalue weighted by Crippen LogP contribution is -2.43. The fourth-order valence-electron chi connectivity index (χ4n) is 2.14. The Hall–Kier alpha value is -1.95. The van der Waals surface area contributed by atoms with Gasteiger partial charge in [0, 0.05) is 0 Å². The number of rotatable bonds is 3. The lowest BCUT2D eigenvalue weighted by Gasteiger charge is -2.22. The molecule has 19 heavy (non-hydrogen) atoms. The Morgan fingerprint density at radius 1 is 1.37 bits per heavy atom. The molecule has 0 spiro atoms. The van der Waals surface area contributed by atoms with Gasteiger partial charge in [0.05, 0.1) is 11.7 Å². The molecular weight excluding hydrogens is 251 g/mol. The fraction of sp³-hybridized carbons (Fsp3) is 0.385. The Balaban J connectivity index is 2.16. The smallest absolute Gasteiger partial charge is 0.340 e. The van der Waals surface area contributed by atoms with E-state index < -0.39 is 17.3 Å². The summed E-state index contributed by atoms with van der Waals surface area (Å²) >= 11 is 0. The summed E-state index contributed by atoms with van der Waals surface area (Å²) in [6, 6.07) is 3.45. The van der Waals surface area contributed by atoms with Gasteiger partial charge in [0.1, 0.15) is 11.4 Å². The number of benzene rings is 1. The molecule has 1 aromatic rings. The van der Waals surface area contributed by atoms with Gasteiger partial charge >= 0.3 is 5.97 Å². The molecule has 1 atom stereocenters. The molecule has 6 heteroatoms. The SMILES string of the molecule is O=C(O)c1c(F)cccc1NC(=O)[C@H]1CCCCN1. The van der Waals surface area contributed by atoms with Crippen LogP contribution in [0, 0.1) is 5.82 Å². The highest BCUT2D eigenvalue weighted by Gasteiger charge is 2.23. The van der Waals surface area contributed by atoms with E-state index in [1.54, 1.807) is 0 Å². The van der Waals surface area contributed by atoms with Crippen LogP contribution in [0.3, 0.4) is 0 Å². The van der Waals surface area contributed by atoms with Gasteiger partial charge in [-0.15, -0.1) is 0 Å². The van der Waals surface area contributed by atoms with Crippen molar-refractivity contribution >= 4 is 17.6 Å². The Labute approximate surface area is 109 Å². The van der Waals surface area contributed by atoms with Crippen LogP contribution in [0.5, 0.6) is 0 Å². The van der Waals surface area contributed by atoms with Gasteiger partial charge in [0.25, 0.3) is 0 Å². The van der Waals surface area contributed by atoms with E-state index in [9.17, 15) is 14.0 Å². The summed E-state index contributed by atoms with van der Waals surface area (Å²) in [7, 11) is 0. The van der Waals surface area contributed by atoms with Crippen molar-refractivity contribution in [3.8, 4) is 0 Å². The van der Waals surface area contributed by atoms with Crippen LogP contribution >= 0.6 is 0 Å². The summed E-state index contributed by atoms with van der Waals surface area (Å²) in [6.07, 6.45) is 2.66. The second-order valence-electron chi connectivity index (χ2n) is 4.46. The van der Waals surface area contributed by atoms with Gasteiger partial charge in [-0.1, -0.05) is 12.5 Å². The number of piperidine rings is 1. The zero-order valence-electron chi connectivity index (χ0n) is 10.3. The second-order valence-corrected chi connectivity index (χ2v) is 4.46. The standard InChI is InChI=1S/C13H15FN2O3/c14-8-4-3-6-9(11(8)13(18)19)16-12(17)10-5-1-2-7-15-10/h3-4,6,10,15H,1-2,5,7H2,(H,16,17)(H,18,19)/t10-/m1/s1. The molecule has 1 heterocycles. The molecule has 0 aromatic heterocycles. The molecule has 3 N–H and O–H groups in total. The average molecular weight is 266 g/mol. The molecule has 0 aliphatic carbocycles. The monoisotopic (exact) mass is 266 g/mol. The molecule has 1 aliphatic heterocycles. The van der Waals surface area contributed by atoms with E-state index in [1.807, 2.05) is 0 Å². The van der Waals surface area contributed by atoms with Gasteiger partial charge in [-0.05, 0) is 31.5 Å². The van der Waals surface area contributed by atoms with Crippen molar-refractivity contribution in [3.05, 3.63) is 29.6 Å². The van der Waals surface area contributed by atoms with Gasteiger partial charge in [-0.3, -0.25) is 4.79 Å². The maximum atomic E-state index is 13.4. The van der Waals surface area contributed by atoms with Crippen LogP contribution in [-0.2, 0) is 4.79 Å². The number of hydrogen-bond donors (Lipinski definition) is 3. The largest absolute Gasteiger partial charge is 0.478 e. The summed E-state index contributed by atoms with van der Waals surface area (Å²) in [6.45, 7) is 0.757. The first kappa shape index (κ1) is 13.5. The zero-order chi connectivity index (χ0) is 13.8. The van der Waals surface area contributed by atoms with E-state index >= 15 is 0 Å². The van der Waals surface area contributed by atoms with Crippen LogP contribution in [-0.4, -0.2) is 29.6 Å². The molecular formula is C13H15FN2O3. The highest BCUT2D eigenvalue weighted by atomic mass is 19.1. The predicted molar refractivity (Wildman–Crippen MR) is 67.6 cm³/mol. The molecule has 0 bridgehead atoms. The van der Waals surface area contributed by atoms with Crippen LogP contribution in [0.1, 0.15) is 29.6 Å². The molecule has 5 nitrogen and oxygen atoms in total. The number of carbonyl (C=O) groups excluding carboxylic acids is 1. The van der Waals surface area contributed by atoms with E-state index in [0.717, 1.165) is 25.5 Å². The van der Waals surface area contributed by atoms with Crippen molar-refractivity contribution in [2.24, 2.45) is 0 Å². The van der Waals surface area contributed by atoms with E-state index in [-0.39, 0.29) is 17.6 Å². The topological polar surface area (TPSA) is 78.4 Å². The molecule has 0 radical (unpaired) electrons. The van der Waals surface area contributed by atoms with Crippen molar-refractivity contribution in [3.63, 3.8) is 0 Å². The number of amides is 1. The van der Waals surface area contributed by atoms with Crippen molar-refractivity contribution in [2.45, 2.75) is 25.3 Å². The fourth-order valence-corrected chi connectivity index (χ4v) is 2.14. The summed E-state index contributed by atoms with van der Waals surface area (Å²) in [4.78, 5) is 23.0. The Morgan fingerprint density at radius 3 is 2.79 bits per heavy atom. The molecule has 2 rings (SSSR count). The molecule has 0 saturated carbocycles. The third kappa shape index (κ3) is 3.08. The summed E-state index contributed by atoms with van der Waals surface area (Å²) in [5, 5.41) is 14.5. The minimum atomic E-state index is -1.40. The number of carbonyl (C=O) groups is 2.